The van der Waals surface area contributed by atoms with Crippen LogP contribution in [-0.2, 0) is 0 Å². The molecule has 0 radical (unpaired) electrons. The van der Waals surface area contributed by atoms with E-state index < -0.39 is 6.23 Å². The number of fused-ring (bicyclic) bond motifs is 3. The predicted molar refractivity (Wildman–Crippen MR) is 116 cm³/mol. The number of para-hydroxylation sites is 1. The van der Waals surface area contributed by atoms with E-state index in [-0.39, 0.29) is 6.04 Å². The van der Waals surface area contributed by atoms with Crippen molar-refractivity contribution in [2.45, 2.75) is 12.3 Å². The molecule has 0 fully saturated rings. The second-order valence-corrected chi connectivity index (χ2v) is 7.93. The molecule has 3 heterocycles. The van der Waals surface area contributed by atoms with Gasteiger partial charge >= 0.3 is 0 Å². The van der Waals surface area contributed by atoms with E-state index in [0.717, 1.165) is 34.1 Å². The van der Waals surface area contributed by atoms with Crippen LogP contribution in [0.4, 0.5) is 0 Å². The van der Waals surface area contributed by atoms with Gasteiger partial charge in [0.05, 0.1) is 43.5 Å². The lowest BCUT2D eigenvalue weighted by atomic mass is 10.0. The summed E-state index contributed by atoms with van der Waals surface area (Å²) in [5.41, 5.74) is 6.53. The van der Waals surface area contributed by atoms with Gasteiger partial charge in [0.25, 0.3) is 0 Å². The van der Waals surface area contributed by atoms with Crippen LogP contribution in [0.1, 0.15) is 28.3 Å². The van der Waals surface area contributed by atoms with Gasteiger partial charge in [-0.05, 0) is 41.8 Å². The average Bonchev–Trinajstić information content (AvgIpc) is 3.47. The minimum Gasteiger partial charge on any atom is -0.497 e. The number of benzene rings is 2. The fourth-order valence-corrected chi connectivity index (χ4v) is 4.67. The third-order valence-corrected chi connectivity index (χ3v) is 6.30. The van der Waals surface area contributed by atoms with Gasteiger partial charge in [-0.15, -0.1) is 11.3 Å². The maximum absolute atomic E-state index is 6.53. The van der Waals surface area contributed by atoms with E-state index in [1.165, 1.54) is 4.88 Å². The Bertz CT molecular complexity index is 1100. The molecule has 2 unspecified atom stereocenters. The van der Waals surface area contributed by atoms with Crippen molar-refractivity contribution in [3.8, 4) is 23.0 Å². The molecular formula is C23H22N2O4S. The fourth-order valence-electron chi connectivity index (χ4n) is 3.96. The highest BCUT2D eigenvalue weighted by molar-refractivity contribution is 7.11. The molecule has 2 aliphatic rings. The van der Waals surface area contributed by atoms with Gasteiger partial charge in [-0.25, -0.2) is 0 Å². The van der Waals surface area contributed by atoms with Crippen LogP contribution < -0.4 is 24.4 Å². The van der Waals surface area contributed by atoms with Gasteiger partial charge in [0.2, 0.25) is 0 Å². The zero-order valence-corrected chi connectivity index (χ0v) is 17.7. The van der Waals surface area contributed by atoms with E-state index in [9.17, 15) is 0 Å². The molecular weight excluding hydrogens is 400 g/mol. The number of hydrogen-bond acceptors (Lipinski definition) is 7. The van der Waals surface area contributed by atoms with Gasteiger partial charge in [-0.3, -0.25) is 0 Å². The number of thiophene rings is 1. The van der Waals surface area contributed by atoms with Crippen LogP contribution in [0.2, 0.25) is 0 Å². The molecule has 0 bridgehead atoms. The van der Waals surface area contributed by atoms with Crippen LogP contribution >= 0.6 is 11.3 Å². The van der Waals surface area contributed by atoms with Crippen molar-refractivity contribution in [3.05, 3.63) is 76.0 Å². The molecule has 0 aliphatic carbocycles. The summed E-state index contributed by atoms with van der Waals surface area (Å²) < 4.78 is 23.3. The van der Waals surface area contributed by atoms with Crippen molar-refractivity contribution < 1.29 is 18.9 Å². The summed E-state index contributed by atoms with van der Waals surface area (Å²) in [4.78, 5) is 1.17. The van der Waals surface area contributed by atoms with Gasteiger partial charge in [-0.2, -0.15) is 5.01 Å². The van der Waals surface area contributed by atoms with Crippen molar-refractivity contribution >= 4 is 17.0 Å². The molecule has 6 nitrogen and oxygen atoms in total. The van der Waals surface area contributed by atoms with Crippen LogP contribution in [0.15, 0.2) is 60.0 Å². The highest BCUT2D eigenvalue weighted by Crippen LogP contribution is 2.51. The fraction of sp³-hybridized carbons (Fsp3) is 0.217. The molecule has 5 rings (SSSR count). The standard InChI is InChI=1S/C23H22N2O4S/c1-26-14-9-10-19(27-2)16(12-14)23-25-18(13-17(24-25)21-8-5-11-30-21)15-6-4-7-20(28-3)22(15)29-23/h4-13,18,23-24H,1-3H3. The summed E-state index contributed by atoms with van der Waals surface area (Å²) >= 11 is 1.70. The van der Waals surface area contributed by atoms with Gasteiger partial charge < -0.3 is 24.4 Å². The second kappa shape index (κ2) is 7.59. The third kappa shape index (κ3) is 2.98. The summed E-state index contributed by atoms with van der Waals surface area (Å²) in [5, 5.41) is 4.18. The molecule has 3 aromatic rings. The number of hydrogen-bond donors (Lipinski definition) is 1. The molecule has 0 saturated carbocycles. The number of rotatable bonds is 5. The molecule has 1 N–H and O–H groups in total. The van der Waals surface area contributed by atoms with Crippen LogP contribution in [0.5, 0.6) is 23.0 Å². The van der Waals surface area contributed by atoms with E-state index in [1.807, 2.05) is 30.3 Å². The van der Waals surface area contributed by atoms with Crippen LogP contribution in [0.3, 0.4) is 0 Å². The maximum atomic E-state index is 6.53. The Kier molecular flexibility index (Phi) is 4.77. The lowest BCUT2D eigenvalue weighted by molar-refractivity contribution is -0.0355. The van der Waals surface area contributed by atoms with E-state index >= 15 is 0 Å². The van der Waals surface area contributed by atoms with Crippen LogP contribution in [0, 0.1) is 0 Å². The highest BCUT2D eigenvalue weighted by atomic mass is 32.1. The largest absolute Gasteiger partial charge is 0.497 e. The van der Waals surface area contributed by atoms with Crippen molar-refractivity contribution in [2.24, 2.45) is 0 Å². The van der Waals surface area contributed by atoms with Gasteiger partial charge in [0.15, 0.2) is 17.7 Å². The summed E-state index contributed by atoms with van der Waals surface area (Å²) in [6.45, 7) is 0. The number of methoxy groups -OCH3 is 3. The summed E-state index contributed by atoms with van der Waals surface area (Å²) in [6.07, 6.45) is 1.78. The van der Waals surface area contributed by atoms with Gasteiger partial charge in [0.1, 0.15) is 11.5 Å². The quantitative estimate of drug-likeness (QED) is 0.639. The maximum Gasteiger partial charge on any atom is 0.199 e. The van der Waals surface area contributed by atoms with E-state index in [0.29, 0.717) is 5.75 Å². The van der Waals surface area contributed by atoms with Crippen molar-refractivity contribution in [1.82, 2.24) is 10.4 Å². The van der Waals surface area contributed by atoms with Crippen LogP contribution in [0.25, 0.3) is 5.70 Å². The van der Waals surface area contributed by atoms with Crippen molar-refractivity contribution in [3.63, 3.8) is 0 Å². The first-order valence-corrected chi connectivity index (χ1v) is 10.5. The van der Waals surface area contributed by atoms with Crippen LogP contribution in [-0.4, -0.2) is 26.3 Å². The Morgan fingerprint density at radius 1 is 0.933 bits per heavy atom. The first kappa shape index (κ1) is 18.8. The molecule has 154 valence electrons. The number of hydrazine groups is 1. The molecule has 0 amide bonds. The first-order chi connectivity index (χ1) is 14.7. The molecule has 0 spiro atoms. The second-order valence-electron chi connectivity index (χ2n) is 6.98. The Hall–Kier alpha value is -3.16. The van der Waals surface area contributed by atoms with Gasteiger partial charge in [0, 0.05) is 5.56 Å². The summed E-state index contributed by atoms with van der Waals surface area (Å²) in [5.74, 6) is 2.91. The third-order valence-electron chi connectivity index (χ3n) is 5.39. The number of ether oxygens (including phenoxy) is 4. The Morgan fingerprint density at radius 3 is 2.53 bits per heavy atom. The minimum absolute atomic E-state index is 0.0261. The normalized spacial score (nSPS) is 19.8. The van der Waals surface area contributed by atoms with E-state index in [4.69, 9.17) is 18.9 Å². The minimum atomic E-state index is -0.447. The Morgan fingerprint density at radius 2 is 1.80 bits per heavy atom. The lowest BCUT2D eigenvalue weighted by Crippen LogP contribution is -2.43. The number of nitrogens with zero attached hydrogens (tertiary/aromatic N) is 1. The predicted octanol–water partition coefficient (Wildman–Crippen LogP) is 4.77. The Labute approximate surface area is 179 Å². The molecule has 30 heavy (non-hydrogen) atoms. The number of nitrogens with one attached hydrogen (secondary N) is 1. The summed E-state index contributed by atoms with van der Waals surface area (Å²) in [6, 6.07) is 15.8. The van der Waals surface area contributed by atoms with E-state index in [2.05, 4.69) is 40.1 Å². The zero-order chi connectivity index (χ0) is 20.7. The van der Waals surface area contributed by atoms with Crippen molar-refractivity contribution in [2.75, 3.05) is 21.3 Å². The zero-order valence-electron chi connectivity index (χ0n) is 16.9. The van der Waals surface area contributed by atoms with Crippen molar-refractivity contribution in [1.29, 1.82) is 0 Å². The van der Waals surface area contributed by atoms with Gasteiger partial charge in [-0.1, -0.05) is 18.2 Å². The van der Waals surface area contributed by atoms with E-state index in [1.54, 1.807) is 32.7 Å². The average molecular weight is 423 g/mol. The molecule has 2 aliphatic heterocycles. The molecule has 1 aromatic heterocycles. The smallest absolute Gasteiger partial charge is 0.199 e. The SMILES string of the molecule is COc1ccc(OC)c(C2Oc3c(OC)cccc3C3C=C(c4cccs4)NN32)c1. The monoisotopic (exact) mass is 422 g/mol. The topological polar surface area (TPSA) is 52.2 Å². The summed E-state index contributed by atoms with van der Waals surface area (Å²) in [7, 11) is 4.97. The molecule has 7 heteroatoms. The molecule has 2 atom stereocenters. The first-order valence-electron chi connectivity index (χ1n) is 9.59. The molecule has 0 saturated heterocycles. The lowest BCUT2D eigenvalue weighted by Gasteiger charge is -2.39. The highest BCUT2D eigenvalue weighted by Gasteiger charge is 2.42. The Balaban J connectivity index is 1.66. The molecule has 2 aromatic carbocycles.